The molecule has 4 heterocycles. The lowest BCUT2D eigenvalue weighted by Crippen LogP contribution is -2.42. The first-order chi connectivity index (χ1) is 15.0. The number of hydrogen-bond acceptors (Lipinski definition) is 4. The average Bonchev–Trinajstić information content (AvgIpc) is 3.30. The molecule has 0 aliphatic carbocycles. The van der Waals surface area contributed by atoms with Crippen LogP contribution in [0.15, 0.2) is 36.8 Å². The van der Waals surface area contributed by atoms with Gasteiger partial charge in [0.2, 0.25) is 5.91 Å². The van der Waals surface area contributed by atoms with Crippen molar-refractivity contribution in [2.24, 2.45) is 5.92 Å². The maximum absolute atomic E-state index is 13.2. The molecular weight excluding hydrogens is 390 g/mol. The molecule has 2 fully saturated rings. The van der Waals surface area contributed by atoms with Crippen molar-refractivity contribution < 1.29 is 9.59 Å². The van der Waals surface area contributed by atoms with Crippen molar-refractivity contribution in [3.8, 4) is 0 Å². The van der Waals surface area contributed by atoms with E-state index in [4.69, 9.17) is 0 Å². The number of likely N-dealkylation sites (tertiary alicyclic amines) is 2. The van der Waals surface area contributed by atoms with Crippen LogP contribution >= 0.6 is 0 Å². The molecule has 7 heteroatoms. The number of nitrogens with zero attached hydrogens (tertiary/aromatic N) is 5. The first kappa shape index (κ1) is 21.5. The van der Waals surface area contributed by atoms with Gasteiger partial charge in [-0.15, -0.1) is 0 Å². The fourth-order valence-corrected chi connectivity index (χ4v) is 4.76. The lowest BCUT2D eigenvalue weighted by molar-refractivity contribution is -0.136. The number of carbonyl (C=O) groups excluding carboxylic acids is 2. The molecule has 2 aromatic rings. The Hall–Kier alpha value is -2.70. The van der Waals surface area contributed by atoms with Crippen LogP contribution in [0.25, 0.3) is 0 Å². The predicted molar refractivity (Wildman–Crippen MR) is 118 cm³/mol. The molecule has 0 aromatic carbocycles. The molecule has 2 amide bonds. The lowest BCUT2D eigenvalue weighted by atomic mass is 9.90. The summed E-state index contributed by atoms with van der Waals surface area (Å²) in [5.74, 6) is 0.576. The third-order valence-electron chi connectivity index (χ3n) is 6.61. The molecule has 166 valence electrons. The second-order valence-electron chi connectivity index (χ2n) is 9.10. The molecule has 2 saturated heterocycles. The van der Waals surface area contributed by atoms with E-state index >= 15 is 0 Å². The second-order valence-corrected chi connectivity index (χ2v) is 9.10. The second kappa shape index (κ2) is 9.62. The maximum Gasteiger partial charge on any atom is 0.274 e. The van der Waals surface area contributed by atoms with Crippen molar-refractivity contribution >= 4 is 11.8 Å². The number of hydrogen-bond donors (Lipinski definition) is 0. The van der Waals surface area contributed by atoms with Gasteiger partial charge < -0.3 is 9.80 Å². The summed E-state index contributed by atoms with van der Waals surface area (Å²) in [6, 6.07) is 6.21. The molecule has 2 aliphatic heterocycles. The Morgan fingerprint density at radius 3 is 2.58 bits per heavy atom. The van der Waals surface area contributed by atoms with Gasteiger partial charge in [0, 0.05) is 50.7 Å². The van der Waals surface area contributed by atoms with Gasteiger partial charge in [-0.3, -0.25) is 19.3 Å². The molecule has 4 rings (SSSR count). The van der Waals surface area contributed by atoms with Crippen molar-refractivity contribution in [2.75, 3.05) is 19.6 Å². The summed E-state index contributed by atoms with van der Waals surface area (Å²) in [6.45, 7) is 6.30. The molecule has 0 N–H and O–H groups in total. The van der Waals surface area contributed by atoms with E-state index in [1.54, 1.807) is 12.3 Å². The summed E-state index contributed by atoms with van der Waals surface area (Å²) >= 11 is 0. The minimum atomic E-state index is -0.00292. The third-order valence-corrected chi connectivity index (χ3v) is 6.61. The summed E-state index contributed by atoms with van der Waals surface area (Å²) in [7, 11) is 0. The van der Waals surface area contributed by atoms with Gasteiger partial charge >= 0.3 is 0 Å². The minimum Gasteiger partial charge on any atom is -0.337 e. The molecule has 7 nitrogen and oxygen atoms in total. The molecule has 0 saturated carbocycles. The SMILES string of the molecule is CC(C)n1ccc(C(=O)N2CCC(CC(=O)N3CCCC[C@@H]3c3cccnc3)CC2)n1. The Kier molecular flexibility index (Phi) is 6.68. The zero-order chi connectivity index (χ0) is 21.8. The van der Waals surface area contributed by atoms with Gasteiger partial charge in [0.1, 0.15) is 5.69 Å². The Morgan fingerprint density at radius 2 is 1.90 bits per heavy atom. The van der Waals surface area contributed by atoms with Crippen LogP contribution in [-0.2, 0) is 4.79 Å². The van der Waals surface area contributed by atoms with Gasteiger partial charge in [-0.1, -0.05) is 6.07 Å². The molecule has 31 heavy (non-hydrogen) atoms. The zero-order valence-corrected chi connectivity index (χ0v) is 18.6. The molecule has 1 atom stereocenters. The smallest absolute Gasteiger partial charge is 0.274 e. The van der Waals surface area contributed by atoms with Crippen LogP contribution in [0.4, 0.5) is 0 Å². The van der Waals surface area contributed by atoms with Crippen molar-refractivity contribution in [1.29, 1.82) is 0 Å². The monoisotopic (exact) mass is 423 g/mol. The van der Waals surface area contributed by atoms with Gasteiger partial charge in [0.05, 0.1) is 6.04 Å². The average molecular weight is 424 g/mol. The molecule has 2 aromatic heterocycles. The van der Waals surface area contributed by atoms with E-state index in [9.17, 15) is 9.59 Å². The highest BCUT2D eigenvalue weighted by Gasteiger charge is 2.31. The highest BCUT2D eigenvalue weighted by molar-refractivity contribution is 5.92. The first-order valence-electron chi connectivity index (χ1n) is 11.6. The molecule has 0 bridgehead atoms. The van der Waals surface area contributed by atoms with Gasteiger partial charge in [-0.25, -0.2) is 0 Å². The van der Waals surface area contributed by atoms with Crippen LogP contribution < -0.4 is 0 Å². The van der Waals surface area contributed by atoms with Crippen LogP contribution in [0.2, 0.25) is 0 Å². The standard InChI is InChI=1S/C24H33N5O2/c1-18(2)29-15-10-21(26-29)24(31)27-13-8-19(9-14-27)16-23(30)28-12-4-3-7-22(28)20-6-5-11-25-17-20/h5-6,10-11,15,17-19,22H,3-4,7-9,12-14,16H2,1-2H3/t22-/m1/s1. The Balaban J connectivity index is 1.31. The van der Waals surface area contributed by atoms with Crippen molar-refractivity contribution in [3.05, 3.63) is 48.0 Å². The van der Waals surface area contributed by atoms with Crippen LogP contribution in [0.5, 0.6) is 0 Å². The number of aromatic nitrogens is 3. The van der Waals surface area contributed by atoms with E-state index in [1.165, 1.54) is 0 Å². The summed E-state index contributed by atoms with van der Waals surface area (Å²) in [4.78, 5) is 34.1. The van der Waals surface area contributed by atoms with Gasteiger partial charge in [-0.2, -0.15) is 5.10 Å². The lowest BCUT2D eigenvalue weighted by Gasteiger charge is -2.38. The van der Waals surface area contributed by atoms with Gasteiger partial charge in [0.25, 0.3) is 5.91 Å². The summed E-state index contributed by atoms with van der Waals surface area (Å²) < 4.78 is 1.82. The topological polar surface area (TPSA) is 71.3 Å². The third kappa shape index (κ3) is 4.97. The summed E-state index contributed by atoms with van der Waals surface area (Å²) in [5.41, 5.74) is 1.65. The highest BCUT2D eigenvalue weighted by atomic mass is 16.2. The number of pyridine rings is 1. The molecule has 2 aliphatic rings. The van der Waals surface area contributed by atoms with Crippen molar-refractivity contribution in [2.45, 2.75) is 64.5 Å². The Bertz CT molecular complexity index is 886. The number of piperidine rings is 2. The quantitative estimate of drug-likeness (QED) is 0.732. The highest BCUT2D eigenvalue weighted by Crippen LogP contribution is 2.32. The van der Waals surface area contributed by atoms with E-state index in [2.05, 4.69) is 21.0 Å². The van der Waals surface area contributed by atoms with Gasteiger partial charge in [-0.05, 0) is 69.6 Å². The molecular formula is C24H33N5O2. The summed E-state index contributed by atoms with van der Waals surface area (Å²) in [5, 5.41) is 4.41. The van der Waals surface area contributed by atoms with E-state index < -0.39 is 0 Å². The van der Waals surface area contributed by atoms with E-state index in [0.29, 0.717) is 31.1 Å². The van der Waals surface area contributed by atoms with Crippen molar-refractivity contribution in [3.63, 3.8) is 0 Å². The molecule has 0 spiro atoms. The summed E-state index contributed by atoms with van der Waals surface area (Å²) in [6.07, 6.45) is 11.1. The van der Waals surface area contributed by atoms with E-state index in [-0.39, 0.29) is 23.9 Å². The Labute approximate surface area is 184 Å². The minimum absolute atomic E-state index is 0.00292. The number of rotatable bonds is 5. The van der Waals surface area contributed by atoms with E-state index in [0.717, 1.165) is 44.2 Å². The molecule has 0 unspecified atom stereocenters. The first-order valence-corrected chi connectivity index (χ1v) is 11.6. The fraction of sp³-hybridized carbons (Fsp3) is 0.583. The number of carbonyl (C=O) groups is 2. The molecule has 0 radical (unpaired) electrons. The normalized spacial score (nSPS) is 20.3. The van der Waals surface area contributed by atoms with Gasteiger partial charge in [0.15, 0.2) is 0 Å². The van der Waals surface area contributed by atoms with Crippen LogP contribution in [0.3, 0.4) is 0 Å². The van der Waals surface area contributed by atoms with Crippen LogP contribution in [-0.4, -0.2) is 56.0 Å². The van der Waals surface area contributed by atoms with Crippen LogP contribution in [0.1, 0.15) is 80.5 Å². The Morgan fingerprint density at radius 1 is 1.10 bits per heavy atom. The largest absolute Gasteiger partial charge is 0.337 e. The number of amides is 2. The fourth-order valence-electron chi connectivity index (χ4n) is 4.76. The predicted octanol–water partition coefficient (Wildman–Crippen LogP) is 3.86. The zero-order valence-electron chi connectivity index (χ0n) is 18.6. The van der Waals surface area contributed by atoms with E-state index in [1.807, 2.05) is 41.9 Å². The van der Waals surface area contributed by atoms with Crippen molar-refractivity contribution in [1.82, 2.24) is 24.6 Å². The van der Waals surface area contributed by atoms with Crippen LogP contribution in [0, 0.1) is 5.92 Å². The maximum atomic E-state index is 13.2.